The van der Waals surface area contributed by atoms with Gasteiger partial charge in [0.1, 0.15) is 5.69 Å². The first-order valence-corrected chi connectivity index (χ1v) is 9.19. The van der Waals surface area contributed by atoms with Gasteiger partial charge in [0, 0.05) is 29.5 Å². The highest BCUT2D eigenvalue weighted by Gasteiger charge is 2.38. The maximum atomic E-state index is 12.6. The highest BCUT2D eigenvalue weighted by Crippen LogP contribution is 2.41. The van der Waals surface area contributed by atoms with E-state index in [2.05, 4.69) is 15.0 Å². The van der Waals surface area contributed by atoms with Crippen LogP contribution in [0.3, 0.4) is 0 Å². The van der Waals surface area contributed by atoms with E-state index in [0.29, 0.717) is 27.8 Å². The molecule has 0 saturated heterocycles. The predicted molar refractivity (Wildman–Crippen MR) is 104 cm³/mol. The molecule has 1 atom stereocenters. The molecule has 128 valence electrons. The second kappa shape index (κ2) is 6.45. The van der Waals surface area contributed by atoms with E-state index in [1.807, 2.05) is 30.5 Å². The highest BCUT2D eigenvalue weighted by molar-refractivity contribution is 7.98. The van der Waals surface area contributed by atoms with Gasteiger partial charge in [-0.2, -0.15) is 15.8 Å². The van der Waals surface area contributed by atoms with Gasteiger partial charge in [0.2, 0.25) is 6.34 Å². The molecule has 1 aromatic heterocycles. The average molecular weight is 362 g/mol. The van der Waals surface area contributed by atoms with Crippen LogP contribution in [-0.4, -0.2) is 28.3 Å². The summed E-state index contributed by atoms with van der Waals surface area (Å²) in [5, 5.41) is 0.642. The predicted octanol–water partition coefficient (Wildman–Crippen LogP) is 3.62. The Kier molecular flexibility index (Phi) is 4.12. The largest absolute Gasteiger partial charge is 0.289 e. The molecule has 2 heterocycles. The topological polar surface area (TPSA) is 81.2 Å². The van der Waals surface area contributed by atoms with E-state index >= 15 is 0 Å². The number of fused-ring (bicyclic) bond motifs is 1. The van der Waals surface area contributed by atoms with E-state index in [1.54, 1.807) is 42.9 Å². The van der Waals surface area contributed by atoms with Crippen molar-refractivity contribution in [3.05, 3.63) is 71.9 Å². The van der Waals surface area contributed by atoms with Gasteiger partial charge in [-0.15, -0.1) is 4.59 Å². The van der Waals surface area contributed by atoms with Crippen LogP contribution in [0.5, 0.6) is 0 Å². The number of quaternary nitrogens is 1. The van der Waals surface area contributed by atoms with Crippen molar-refractivity contribution in [1.29, 1.82) is 0 Å². The molecule has 0 amide bonds. The second-order valence-corrected chi connectivity index (χ2v) is 6.60. The summed E-state index contributed by atoms with van der Waals surface area (Å²) >= 11 is 1.45. The Labute approximate surface area is 155 Å². The fourth-order valence-corrected chi connectivity index (χ4v) is 3.22. The number of carbonyl (C=O) groups is 1. The third-order valence-electron chi connectivity index (χ3n) is 4.23. The van der Waals surface area contributed by atoms with E-state index in [1.165, 1.54) is 11.8 Å². The van der Waals surface area contributed by atoms with Crippen molar-refractivity contribution in [1.82, 2.24) is 14.6 Å². The smallest absolute Gasteiger partial charge is 0.262 e. The minimum Gasteiger partial charge on any atom is -0.289 e. The van der Waals surface area contributed by atoms with E-state index in [9.17, 15) is 4.79 Å². The summed E-state index contributed by atoms with van der Waals surface area (Å²) in [5.74, 6) is 7.13. The molecule has 26 heavy (non-hydrogen) atoms. The maximum absolute atomic E-state index is 12.6. The lowest BCUT2D eigenvalue weighted by atomic mass is 10.0. The number of carbonyl (C=O) groups excluding carboxylic acids is 1. The summed E-state index contributed by atoms with van der Waals surface area (Å²) in [5.41, 5.74) is 2.65. The molecule has 3 aromatic rings. The van der Waals surface area contributed by atoms with Crippen LogP contribution in [0.4, 0.5) is 17.2 Å². The molecule has 7 heteroatoms. The first-order chi connectivity index (χ1) is 12.6. The van der Waals surface area contributed by atoms with Gasteiger partial charge in [-0.1, -0.05) is 42.1 Å². The monoisotopic (exact) mass is 362 g/mol. The lowest BCUT2D eigenvalue weighted by Gasteiger charge is -2.22. The van der Waals surface area contributed by atoms with Crippen LogP contribution in [0.15, 0.2) is 70.9 Å². The van der Waals surface area contributed by atoms with Gasteiger partial charge in [-0.05, 0) is 18.4 Å². The molecule has 1 unspecified atom stereocenters. The molecule has 1 aliphatic heterocycles. The van der Waals surface area contributed by atoms with Gasteiger partial charge in [-0.3, -0.25) is 4.79 Å². The standard InChI is InChI=1S/C19H16N5OS/c1-26-19-21-10-9-17(23-19)24(20)12-22-15-11-14(7-8-16(15)24)18(25)13-5-3-2-4-6-13/h2-12H,20H2,1H3/q+1. The zero-order valence-corrected chi connectivity index (χ0v) is 14.9. The van der Waals surface area contributed by atoms with Crippen LogP contribution < -0.4 is 10.4 Å². The van der Waals surface area contributed by atoms with Crippen molar-refractivity contribution < 1.29 is 4.79 Å². The summed E-state index contributed by atoms with van der Waals surface area (Å²) in [4.78, 5) is 25.7. The summed E-state index contributed by atoms with van der Waals surface area (Å²) in [7, 11) is 0. The Bertz CT molecular complexity index is 1020. The molecule has 1 aliphatic rings. The third kappa shape index (κ3) is 2.72. The quantitative estimate of drug-likeness (QED) is 0.252. The van der Waals surface area contributed by atoms with Crippen LogP contribution in [0.2, 0.25) is 0 Å². The molecule has 0 spiro atoms. The van der Waals surface area contributed by atoms with Gasteiger partial charge in [0.15, 0.2) is 16.6 Å². The van der Waals surface area contributed by atoms with Crippen molar-refractivity contribution >= 4 is 41.1 Å². The maximum Gasteiger partial charge on any atom is 0.262 e. The van der Waals surface area contributed by atoms with Crippen molar-refractivity contribution in [2.45, 2.75) is 5.16 Å². The minimum atomic E-state index is -0.148. The number of aromatic nitrogens is 2. The minimum absolute atomic E-state index is 0.0441. The van der Waals surface area contributed by atoms with E-state index in [-0.39, 0.29) is 10.4 Å². The Hall–Kier alpha value is -2.87. The van der Waals surface area contributed by atoms with Gasteiger partial charge in [0.05, 0.1) is 0 Å². The van der Waals surface area contributed by atoms with E-state index in [0.717, 1.165) is 5.69 Å². The van der Waals surface area contributed by atoms with Gasteiger partial charge in [0.25, 0.3) is 5.82 Å². The van der Waals surface area contributed by atoms with Gasteiger partial charge >= 0.3 is 0 Å². The molecule has 0 saturated carbocycles. The highest BCUT2D eigenvalue weighted by atomic mass is 32.2. The number of aliphatic imine (C=N–C) groups is 1. The third-order valence-corrected chi connectivity index (χ3v) is 4.79. The zero-order chi connectivity index (χ0) is 18.1. The fraction of sp³-hybridized carbons (Fsp3) is 0.0526. The molecule has 6 nitrogen and oxygen atoms in total. The van der Waals surface area contributed by atoms with Crippen molar-refractivity contribution in [3.8, 4) is 0 Å². The van der Waals surface area contributed by atoms with Crippen molar-refractivity contribution in [2.24, 2.45) is 10.8 Å². The Morgan fingerprint density at radius 2 is 1.88 bits per heavy atom. The first-order valence-electron chi connectivity index (χ1n) is 7.96. The number of benzene rings is 2. The Morgan fingerprint density at radius 1 is 1.08 bits per heavy atom. The summed E-state index contributed by atoms with van der Waals surface area (Å²) in [6.07, 6.45) is 5.21. The van der Waals surface area contributed by atoms with Gasteiger partial charge in [-0.25, -0.2) is 4.98 Å². The first kappa shape index (κ1) is 16.6. The number of thioether (sulfide) groups is 1. The molecule has 2 aromatic carbocycles. The lowest BCUT2D eigenvalue weighted by molar-refractivity contribution is 0.103. The normalized spacial score (nSPS) is 17.9. The Balaban J connectivity index is 1.73. The molecule has 0 radical (unpaired) electrons. The summed E-state index contributed by atoms with van der Waals surface area (Å²) < 4.78 is -0.148. The molecular formula is C19H16N5OS+. The van der Waals surface area contributed by atoms with Crippen molar-refractivity contribution in [2.75, 3.05) is 6.26 Å². The number of nitrogens with zero attached hydrogens (tertiary/aromatic N) is 4. The van der Waals surface area contributed by atoms with Crippen LogP contribution in [0.25, 0.3) is 0 Å². The fourth-order valence-electron chi connectivity index (χ4n) is 2.87. The average Bonchev–Trinajstić information content (AvgIpc) is 3.05. The Morgan fingerprint density at radius 3 is 2.65 bits per heavy atom. The molecule has 4 rings (SSSR count). The molecular weight excluding hydrogens is 346 g/mol. The van der Waals surface area contributed by atoms with E-state index in [4.69, 9.17) is 5.84 Å². The van der Waals surface area contributed by atoms with Crippen molar-refractivity contribution in [3.63, 3.8) is 0 Å². The molecule has 2 N–H and O–H groups in total. The number of hydrogen-bond acceptors (Lipinski definition) is 6. The van der Waals surface area contributed by atoms with E-state index < -0.39 is 0 Å². The molecule has 0 fully saturated rings. The molecule has 0 aliphatic carbocycles. The number of ketones is 1. The van der Waals surface area contributed by atoms with Crippen LogP contribution >= 0.6 is 11.8 Å². The molecule has 0 bridgehead atoms. The number of rotatable bonds is 4. The zero-order valence-electron chi connectivity index (χ0n) is 14.0. The van der Waals surface area contributed by atoms with Crippen LogP contribution in [0.1, 0.15) is 15.9 Å². The summed E-state index contributed by atoms with van der Waals surface area (Å²) in [6.45, 7) is 0. The lowest BCUT2D eigenvalue weighted by Crippen LogP contribution is -2.49. The van der Waals surface area contributed by atoms with Crippen LogP contribution in [0, 0.1) is 0 Å². The summed E-state index contributed by atoms with van der Waals surface area (Å²) in [6, 6.07) is 16.3. The number of nitrogens with two attached hydrogens (primary N) is 1. The number of hydrogen-bond donors (Lipinski definition) is 1. The van der Waals surface area contributed by atoms with Crippen LogP contribution in [-0.2, 0) is 0 Å². The second-order valence-electron chi connectivity index (χ2n) is 5.82. The van der Waals surface area contributed by atoms with Gasteiger partial charge < -0.3 is 0 Å². The SMILES string of the molecule is CSc1nccc([N+]2(N)C=Nc3cc(C(=O)c4ccccc4)ccc32)n1.